The van der Waals surface area contributed by atoms with Crippen molar-refractivity contribution in [1.29, 1.82) is 0 Å². The molecule has 0 atom stereocenters. The van der Waals surface area contributed by atoms with Crippen molar-refractivity contribution in [3.05, 3.63) is 47.2 Å². The number of likely N-dealkylation sites (N-methyl/N-ethyl adjacent to an activating group) is 1. The van der Waals surface area contributed by atoms with E-state index in [1.54, 1.807) is 10.8 Å². The van der Waals surface area contributed by atoms with Crippen molar-refractivity contribution in [3.8, 4) is 11.4 Å². The van der Waals surface area contributed by atoms with Gasteiger partial charge in [0.25, 0.3) is 0 Å². The van der Waals surface area contributed by atoms with Crippen LogP contribution in [-0.4, -0.2) is 74.5 Å². The van der Waals surface area contributed by atoms with Crippen LogP contribution in [0.1, 0.15) is 55.2 Å². The Bertz CT molecular complexity index is 1340. The first kappa shape index (κ1) is 22.5. The van der Waals surface area contributed by atoms with E-state index in [4.69, 9.17) is 5.10 Å². The van der Waals surface area contributed by atoms with Crippen LogP contribution in [0.3, 0.4) is 0 Å². The first-order valence-corrected chi connectivity index (χ1v) is 12.1. The molecule has 8 heteroatoms. The van der Waals surface area contributed by atoms with E-state index >= 15 is 0 Å². The number of aryl methyl sites for hydroxylation is 1. The maximum atomic E-state index is 12.4. The number of nitrogens with zero attached hydrogens (tertiary/aromatic N) is 6. The first-order chi connectivity index (χ1) is 16.3. The molecule has 1 saturated heterocycles. The molecule has 4 aromatic rings. The fraction of sp³-hybridized carbons (Fsp3) is 0.462. The second kappa shape index (κ2) is 8.83. The number of H-pyrrole nitrogens is 1. The van der Waals surface area contributed by atoms with E-state index in [1.165, 1.54) is 16.5 Å². The van der Waals surface area contributed by atoms with Crippen molar-refractivity contribution in [3.63, 3.8) is 0 Å². The molecule has 0 spiro atoms. The number of carbonyl (C=O) groups is 1. The highest BCUT2D eigenvalue weighted by molar-refractivity contribution is 5.91. The molecule has 1 aromatic carbocycles. The molecule has 5 rings (SSSR count). The lowest BCUT2D eigenvalue weighted by atomic mass is 9.87. The Morgan fingerprint density at radius 2 is 1.97 bits per heavy atom. The van der Waals surface area contributed by atoms with Gasteiger partial charge in [-0.15, -0.1) is 14.8 Å². The Morgan fingerprint density at radius 3 is 2.68 bits per heavy atom. The van der Waals surface area contributed by atoms with Gasteiger partial charge in [0.2, 0.25) is 5.91 Å². The number of fused-ring (bicyclic) bond motifs is 2. The quantitative estimate of drug-likeness (QED) is 0.488. The largest absolute Gasteiger partial charge is 0.353 e. The summed E-state index contributed by atoms with van der Waals surface area (Å²) in [7, 11) is 3.89. The Kier molecular flexibility index (Phi) is 5.85. The summed E-state index contributed by atoms with van der Waals surface area (Å²) in [6, 6.07) is 8.91. The molecular weight excluding hydrogens is 426 g/mol. The summed E-state index contributed by atoms with van der Waals surface area (Å²) in [6.07, 6.45) is 3.75. The fourth-order valence-electron chi connectivity index (χ4n) is 5.21. The van der Waals surface area contributed by atoms with E-state index < -0.39 is 0 Å². The van der Waals surface area contributed by atoms with Crippen LogP contribution in [0.4, 0.5) is 0 Å². The number of hydrogen-bond donors (Lipinski definition) is 1. The summed E-state index contributed by atoms with van der Waals surface area (Å²) in [6.45, 7) is 8.66. The number of piperidine rings is 1. The maximum Gasteiger partial charge on any atom is 0.236 e. The topological polar surface area (TPSA) is 82.4 Å². The molecule has 34 heavy (non-hydrogen) atoms. The zero-order valence-electron chi connectivity index (χ0n) is 20.7. The average molecular weight is 460 g/mol. The lowest BCUT2D eigenvalue weighted by molar-refractivity contribution is -0.132. The molecule has 0 bridgehead atoms. The summed E-state index contributed by atoms with van der Waals surface area (Å²) in [5.74, 6) is 1.03. The highest BCUT2D eigenvalue weighted by Gasteiger charge is 2.25. The third kappa shape index (κ3) is 4.07. The maximum absolute atomic E-state index is 12.4. The van der Waals surface area contributed by atoms with Gasteiger partial charge in [0.15, 0.2) is 0 Å². The summed E-state index contributed by atoms with van der Waals surface area (Å²) in [4.78, 5) is 20.0. The molecule has 1 aliphatic rings. The van der Waals surface area contributed by atoms with Crippen molar-refractivity contribution >= 4 is 22.3 Å². The van der Waals surface area contributed by atoms with Crippen molar-refractivity contribution in [2.24, 2.45) is 0 Å². The van der Waals surface area contributed by atoms with Gasteiger partial charge in [0.1, 0.15) is 11.2 Å². The minimum Gasteiger partial charge on any atom is -0.353 e. The van der Waals surface area contributed by atoms with Crippen molar-refractivity contribution in [1.82, 2.24) is 34.8 Å². The Hall–Kier alpha value is -3.26. The normalized spacial score (nSPS) is 15.3. The SMILES string of the molecule is Cc1cc(-c2[nH]c3ccc(C4CCN(C(=O)CN(C)C)CC4)cc3c2C(C)C)nn2nncc12. The van der Waals surface area contributed by atoms with Crippen LogP contribution >= 0.6 is 0 Å². The van der Waals surface area contributed by atoms with Crippen molar-refractivity contribution in [2.75, 3.05) is 33.7 Å². The molecule has 1 N–H and O–H groups in total. The number of aromatic amines is 1. The van der Waals surface area contributed by atoms with Gasteiger partial charge < -0.3 is 14.8 Å². The molecule has 1 amide bonds. The summed E-state index contributed by atoms with van der Waals surface area (Å²) < 4.78 is 1.61. The van der Waals surface area contributed by atoms with E-state index in [-0.39, 0.29) is 5.91 Å². The molecule has 1 fully saturated rings. The third-order valence-electron chi connectivity index (χ3n) is 6.96. The third-order valence-corrected chi connectivity index (χ3v) is 6.96. The summed E-state index contributed by atoms with van der Waals surface area (Å²) >= 11 is 0. The van der Waals surface area contributed by atoms with Gasteiger partial charge in [-0.1, -0.05) is 19.9 Å². The zero-order valence-corrected chi connectivity index (χ0v) is 20.7. The standard InChI is InChI=1S/C26H33N7O/c1-16(2)25-20-13-19(18-8-10-32(11-9-18)24(34)15-31(4)5)6-7-21(20)28-26(25)22-12-17(3)23-14-27-30-33(23)29-22/h6-7,12-14,16,18,28H,8-11,15H2,1-5H3. The molecule has 8 nitrogen and oxygen atoms in total. The Morgan fingerprint density at radius 1 is 1.21 bits per heavy atom. The highest BCUT2D eigenvalue weighted by Crippen LogP contribution is 2.38. The molecule has 3 aromatic heterocycles. The molecule has 0 saturated carbocycles. The summed E-state index contributed by atoms with van der Waals surface area (Å²) in [5.41, 5.74) is 7.70. The summed E-state index contributed by atoms with van der Waals surface area (Å²) in [5, 5.41) is 14.1. The zero-order chi connectivity index (χ0) is 24.0. The van der Waals surface area contributed by atoms with E-state index in [9.17, 15) is 4.79 Å². The van der Waals surface area contributed by atoms with Crippen LogP contribution in [0.5, 0.6) is 0 Å². The number of benzene rings is 1. The van der Waals surface area contributed by atoms with Gasteiger partial charge in [-0.3, -0.25) is 4.79 Å². The molecule has 1 aliphatic heterocycles. The number of aromatic nitrogens is 5. The van der Waals surface area contributed by atoms with Gasteiger partial charge >= 0.3 is 0 Å². The van der Waals surface area contributed by atoms with Gasteiger partial charge in [-0.25, -0.2) is 0 Å². The molecule has 0 aliphatic carbocycles. The van der Waals surface area contributed by atoms with Crippen LogP contribution in [0, 0.1) is 6.92 Å². The minimum atomic E-state index is 0.225. The number of rotatable bonds is 5. The van der Waals surface area contributed by atoms with Crippen LogP contribution in [0.15, 0.2) is 30.5 Å². The monoisotopic (exact) mass is 459 g/mol. The minimum absolute atomic E-state index is 0.225. The van der Waals surface area contributed by atoms with Crippen LogP contribution in [0.2, 0.25) is 0 Å². The molecule has 178 valence electrons. The Labute approximate surface area is 199 Å². The number of hydrogen-bond acceptors (Lipinski definition) is 5. The lowest BCUT2D eigenvalue weighted by Gasteiger charge is -2.33. The van der Waals surface area contributed by atoms with Gasteiger partial charge in [-0.05, 0) is 85.8 Å². The highest BCUT2D eigenvalue weighted by atomic mass is 16.2. The number of amides is 1. The van der Waals surface area contributed by atoms with Crippen LogP contribution in [0.25, 0.3) is 27.8 Å². The Balaban J connectivity index is 1.47. The molecule has 0 radical (unpaired) electrons. The van der Waals surface area contributed by atoms with E-state index in [0.717, 1.165) is 53.9 Å². The molecule has 4 heterocycles. The number of likely N-dealkylation sites (tertiary alicyclic amines) is 1. The number of nitrogens with one attached hydrogen (secondary N) is 1. The predicted molar refractivity (Wildman–Crippen MR) is 134 cm³/mol. The molecular formula is C26H33N7O. The fourth-order valence-corrected chi connectivity index (χ4v) is 5.21. The average Bonchev–Trinajstić information content (AvgIpc) is 3.43. The lowest BCUT2D eigenvalue weighted by Crippen LogP contribution is -2.42. The number of carbonyl (C=O) groups excluding carboxylic acids is 1. The predicted octanol–water partition coefficient (Wildman–Crippen LogP) is 3.97. The van der Waals surface area contributed by atoms with E-state index in [1.807, 2.05) is 23.9 Å². The van der Waals surface area contributed by atoms with E-state index in [0.29, 0.717) is 18.4 Å². The second-order valence-electron chi connectivity index (χ2n) is 10.1. The van der Waals surface area contributed by atoms with Gasteiger partial charge in [-0.2, -0.15) is 0 Å². The van der Waals surface area contributed by atoms with Crippen molar-refractivity contribution < 1.29 is 4.79 Å². The van der Waals surface area contributed by atoms with Gasteiger partial charge in [0.05, 0.1) is 18.4 Å². The van der Waals surface area contributed by atoms with Crippen molar-refractivity contribution in [2.45, 2.75) is 45.4 Å². The van der Waals surface area contributed by atoms with Crippen LogP contribution in [-0.2, 0) is 4.79 Å². The van der Waals surface area contributed by atoms with E-state index in [2.05, 4.69) is 60.3 Å². The second-order valence-corrected chi connectivity index (χ2v) is 10.1. The first-order valence-electron chi connectivity index (χ1n) is 12.1. The van der Waals surface area contributed by atoms with Crippen LogP contribution < -0.4 is 0 Å². The molecule has 0 unspecified atom stereocenters. The smallest absolute Gasteiger partial charge is 0.236 e. The van der Waals surface area contributed by atoms with Gasteiger partial charge in [0, 0.05) is 24.0 Å².